The number of sulfonamides is 1. The Hall–Kier alpha value is -2.28. The Balaban J connectivity index is 2.06. The summed E-state index contributed by atoms with van der Waals surface area (Å²) in [4.78, 5) is 0.149. The van der Waals surface area contributed by atoms with E-state index in [-0.39, 0.29) is 4.90 Å². The predicted octanol–water partition coefficient (Wildman–Crippen LogP) is 2.57. The summed E-state index contributed by atoms with van der Waals surface area (Å²) in [5.74, 6) is 0.929. The van der Waals surface area contributed by atoms with E-state index in [1.807, 2.05) is 6.07 Å². The van der Waals surface area contributed by atoms with Crippen LogP contribution >= 0.6 is 0 Å². The molecule has 20 heavy (non-hydrogen) atoms. The van der Waals surface area contributed by atoms with Gasteiger partial charge in [-0.1, -0.05) is 6.07 Å². The van der Waals surface area contributed by atoms with Crippen molar-refractivity contribution in [3.63, 3.8) is 0 Å². The number of rotatable bonds is 3. The van der Waals surface area contributed by atoms with Crippen molar-refractivity contribution in [3.8, 4) is 0 Å². The minimum atomic E-state index is -3.68. The number of benzene rings is 1. The van der Waals surface area contributed by atoms with Crippen LogP contribution in [-0.4, -0.2) is 18.6 Å². The fraction of sp³-hybridized carbons (Fsp3) is 0.154. The van der Waals surface area contributed by atoms with E-state index in [1.54, 1.807) is 32.2 Å². The van der Waals surface area contributed by atoms with Gasteiger partial charge in [0.2, 0.25) is 0 Å². The van der Waals surface area contributed by atoms with E-state index in [0.29, 0.717) is 22.6 Å². The molecule has 0 unspecified atom stereocenters. The van der Waals surface area contributed by atoms with Crippen LogP contribution in [-0.2, 0) is 10.0 Å². The fourth-order valence-corrected chi connectivity index (χ4v) is 3.45. The molecule has 0 amide bonds. The lowest BCUT2D eigenvalue weighted by Crippen LogP contribution is -2.13. The van der Waals surface area contributed by atoms with Crippen LogP contribution in [0.5, 0.6) is 0 Å². The predicted molar refractivity (Wildman–Crippen MR) is 75.1 cm³/mol. The third-order valence-electron chi connectivity index (χ3n) is 3.01. The zero-order valence-corrected chi connectivity index (χ0v) is 11.8. The van der Waals surface area contributed by atoms with Crippen LogP contribution in [0.25, 0.3) is 10.9 Å². The molecule has 0 aliphatic heterocycles. The summed E-state index contributed by atoms with van der Waals surface area (Å²) in [5.41, 5.74) is 1.25. The second-order valence-corrected chi connectivity index (χ2v) is 6.17. The number of fused-ring (bicyclic) bond motifs is 1. The molecule has 2 N–H and O–H groups in total. The van der Waals surface area contributed by atoms with Gasteiger partial charge in [-0.15, -0.1) is 0 Å². The second-order valence-electron chi connectivity index (χ2n) is 4.52. The summed E-state index contributed by atoms with van der Waals surface area (Å²) in [6.45, 7) is 3.34. The average molecular weight is 291 g/mol. The lowest BCUT2D eigenvalue weighted by Gasteiger charge is -2.07. The molecule has 0 fully saturated rings. The van der Waals surface area contributed by atoms with E-state index in [1.165, 1.54) is 6.07 Å². The zero-order chi connectivity index (χ0) is 14.3. The smallest absolute Gasteiger partial charge is 0.265 e. The molecule has 3 aromatic rings. The summed E-state index contributed by atoms with van der Waals surface area (Å²) < 4.78 is 32.6. The topological polar surface area (TPSA) is 88.0 Å². The summed E-state index contributed by atoms with van der Waals surface area (Å²) in [7, 11) is -3.68. The minimum absolute atomic E-state index is 0.149. The average Bonchev–Trinajstić information content (AvgIpc) is 2.96. The number of hydrogen-bond donors (Lipinski definition) is 2. The number of aromatic nitrogens is 2. The van der Waals surface area contributed by atoms with Gasteiger partial charge in [0.1, 0.15) is 16.4 Å². The molecule has 0 spiro atoms. The van der Waals surface area contributed by atoms with Crippen LogP contribution in [0.4, 0.5) is 5.69 Å². The molecule has 104 valence electrons. The van der Waals surface area contributed by atoms with Crippen molar-refractivity contribution < 1.29 is 12.8 Å². The molecule has 0 aliphatic carbocycles. The van der Waals surface area contributed by atoms with Crippen molar-refractivity contribution in [2.45, 2.75) is 18.7 Å². The maximum absolute atomic E-state index is 12.4. The highest BCUT2D eigenvalue weighted by Crippen LogP contribution is 2.26. The normalized spacial score (nSPS) is 11.9. The summed E-state index contributed by atoms with van der Waals surface area (Å²) >= 11 is 0. The Morgan fingerprint density at radius 1 is 1.30 bits per heavy atom. The Bertz CT molecular complexity index is 877. The fourth-order valence-electron chi connectivity index (χ4n) is 2.13. The number of nitrogens with zero attached hydrogens (tertiary/aromatic N) is 1. The second kappa shape index (κ2) is 4.38. The quantitative estimate of drug-likeness (QED) is 0.776. The van der Waals surface area contributed by atoms with E-state index in [0.717, 1.165) is 5.52 Å². The largest absolute Gasteiger partial charge is 0.465 e. The lowest BCUT2D eigenvalue weighted by molar-refractivity contribution is 0.496. The molecule has 0 aliphatic rings. The summed E-state index contributed by atoms with van der Waals surface area (Å²) in [6.07, 6.45) is 1.58. The maximum Gasteiger partial charge on any atom is 0.265 e. The van der Waals surface area contributed by atoms with Gasteiger partial charge >= 0.3 is 0 Å². The third-order valence-corrected chi connectivity index (χ3v) is 4.49. The van der Waals surface area contributed by atoms with Crippen molar-refractivity contribution in [2.24, 2.45) is 0 Å². The van der Waals surface area contributed by atoms with Crippen molar-refractivity contribution >= 4 is 26.6 Å². The third kappa shape index (κ3) is 2.05. The minimum Gasteiger partial charge on any atom is -0.465 e. The highest BCUT2D eigenvalue weighted by Gasteiger charge is 2.21. The van der Waals surface area contributed by atoms with Gasteiger partial charge in [-0.05, 0) is 26.0 Å². The van der Waals surface area contributed by atoms with E-state index in [9.17, 15) is 8.42 Å². The van der Waals surface area contributed by atoms with Crippen molar-refractivity contribution in [3.05, 3.63) is 42.0 Å². The van der Waals surface area contributed by atoms with Gasteiger partial charge in [0.25, 0.3) is 10.0 Å². The first-order chi connectivity index (χ1) is 9.47. The number of nitrogens with one attached hydrogen (secondary N) is 2. The maximum atomic E-state index is 12.4. The van der Waals surface area contributed by atoms with Crippen LogP contribution in [0.15, 0.2) is 39.8 Å². The monoisotopic (exact) mass is 291 g/mol. The highest BCUT2D eigenvalue weighted by molar-refractivity contribution is 7.92. The Labute approximate surface area is 115 Å². The first-order valence-corrected chi connectivity index (χ1v) is 7.47. The molecule has 0 saturated carbocycles. The molecule has 2 aromatic heterocycles. The zero-order valence-electron chi connectivity index (χ0n) is 11.0. The molecular formula is C13H13N3O3S. The van der Waals surface area contributed by atoms with Crippen LogP contribution in [0.1, 0.15) is 11.5 Å². The Morgan fingerprint density at radius 3 is 2.80 bits per heavy atom. The van der Waals surface area contributed by atoms with Gasteiger partial charge in [0.15, 0.2) is 0 Å². The Morgan fingerprint density at radius 2 is 2.10 bits per heavy atom. The molecule has 1 aromatic carbocycles. The van der Waals surface area contributed by atoms with Crippen LogP contribution < -0.4 is 4.72 Å². The number of H-pyrrole nitrogens is 1. The summed E-state index contributed by atoms with van der Waals surface area (Å²) in [5, 5.41) is 7.42. The van der Waals surface area contributed by atoms with Gasteiger partial charge in [-0.2, -0.15) is 5.10 Å². The standard InChI is InChI=1S/C13H13N3O3S/c1-8-6-13(9(2)19-8)20(17,18)16-12-5-3-4-11-10(12)7-14-15-11/h3-7,16H,1-2H3,(H,14,15). The molecular weight excluding hydrogens is 278 g/mol. The SMILES string of the molecule is Cc1cc(S(=O)(=O)Nc2cccc3[nH]ncc23)c(C)o1. The van der Waals surface area contributed by atoms with Crippen molar-refractivity contribution in [1.82, 2.24) is 10.2 Å². The van der Waals surface area contributed by atoms with E-state index < -0.39 is 10.0 Å². The van der Waals surface area contributed by atoms with Gasteiger partial charge < -0.3 is 4.42 Å². The molecule has 0 saturated heterocycles. The first-order valence-electron chi connectivity index (χ1n) is 5.99. The molecule has 0 bridgehead atoms. The number of aryl methyl sites for hydroxylation is 2. The molecule has 2 heterocycles. The summed E-state index contributed by atoms with van der Waals surface area (Å²) in [6, 6.07) is 6.78. The highest BCUT2D eigenvalue weighted by atomic mass is 32.2. The van der Waals surface area contributed by atoms with E-state index >= 15 is 0 Å². The van der Waals surface area contributed by atoms with E-state index in [4.69, 9.17) is 4.42 Å². The first kappa shape index (κ1) is 12.7. The number of furan rings is 1. The van der Waals surface area contributed by atoms with Gasteiger partial charge in [0, 0.05) is 11.5 Å². The van der Waals surface area contributed by atoms with Crippen LogP contribution in [0, 0.1) is 13.8 Å². The molecule has 6 nitrogen and oxygen atoms in total. The van der Waals surface area contributed by atoms with Crippen molar-refractivity contribution in [2.75, 3.05) is 4.72 Å². The van der Waals surface area contributed by atoms with Gasteiger partial charge in [-0.25, -0.2) is 8.42 Å². The number of hydrogen-bond acceptors (Lipinski definition) is 4. The number of aromatic amines is 1. The molecule has 0 atom stereocenters. The molecule has 0 radical (unpaired) electrons. The van der Waals surface area contributed by atoms with Gasteiger partial charge in [0.05, 0.1) is 17.4 Å². The number of anilines is 1. The van der Waals surface area contributed by atoms with Crippen LogP contribution in [0.3, 0.4) is 0 Å². The van der Waals surface area contributed by atoms with Crippen LogP contribution in [0.2, 0.25) is 0 Å². The Kier molecular flexibility index (Phi) is 2.79. The lowest BCUT2D eigenvalue weighted by atomic mass is 10.2. The molecule has 7 heteroatoms. The van der Waals surface area contributed by atoms with Gasteiger partial charge in [-0.3, -0.25) is 9.82 Å². The van der Waals surface area contributed by atoms with E-state index in [2.05, 4.69) is 14.9 Å². The molecule has 3 rings (SSSR count). The van der Waals surface area contributed by atoms with Crippen molar-refractivity contribution in [1.29, 1.82) is 0 Å².